The van der Waals surface area contributed by atoms with Gasteiger partial charge >= 0.3 is 75.5 Å². The third kappa shape index (κ3) is 59.0. The Hall–Kier alpha value is 3.29. The van der Waals surface area contributed by atoms with Crippen LogP contribution in [0.3, 0.4) is 0 Å². The van der Waals surface area contributed by atoms with Gasteiger partial charge in [-0.15, -0.1) is 0 Å². The van der Waals surface area contributed by atoms with Gasteiger partial charge in [-0.1, -0.05) is 0 Å². The van der Waals surface area contributed by atoms with E-state index in [2.05, 4.69) is 0 Å². The Morgan fingerprint density at radius 1 is 0.750 bits per heavy atom. The maximum Gasteiger partial charge on any atom is 2.00 e. The van der Waals surface area contributed by atoms with E-state index in [1.807, 2.05) is 0 Å². The fourth-order valence-electron chi connectivity index (χ4n) is 0. The summed E-state index contributed by atoms with van der Waals surface area (Å²) < 4.78 is 0. The molecule has 8 heteroatoms. The summed E-state index contributed by atoms with van der Waals surface area (Å²) in [5.41, 5.74) is 0. The fourth-order valence-corrected chi connectivity index (χ4v) is 0. The van der Waals surface area contributed by atoms with E-state index in [-0.39, 0.29) is 97.2 Å². The zero-order valence-electron chi connectivity index (χ0n) is 4.05. The van der Waals surface area contributed by atoms with Crippen LogP contribution in [0.15, 0.2) is 0 Å². The average molecular weight is 220 g/mol. The van der Waals surface area contributed by atoms with Gasteiger partial charge in [0.25, 0.3) is 0 Å². The van der Waals surface area contributed by atoms with Gasteiger partial charge in [0.2, 0.25) is 0 Å². The van der Waals surface area contributed by atoms with Crippen molar-refractivity contribution >= 4 is 84.5 Å². The van der Waals surface area contributed by atoms with E-state index in [4.69, 9.17) is 19.2 Å². The monoisotopic (exact) mass is 220 g/mol. The van der Waals surface area contributed by atoms with Crippen molar-refractivity contribution < 1.29 is 40.9 Å². The number of rotatable bonds is 0. The molecule has 0 aromatic carbocycles. The Morgan fingerprint density at radius 2 is 0.750 bits per heavy atom. The van der Waals surface area contributed by atoms with Crippen molar-refractivity contribution in [2.45, 2.75) is 0 Å². The quantitative estimate of drug-likeness (QED) is 0.380. The van der Waals surface area contributed by atoms with Gasteiger partial charge in [-0.2, -0.15) is 0 Å². The second kappa shape index (κ2) is 10.3. The van der Waals surface area contributed by atoms with E-state index in [0.29, 0.717) is 0 Å². The van der Waals surface area contributed by atoms with Gasteiger partial charge in [0.05, 0.1) is 0 Å². The van der Waals surface area contributed by atoms with E-state index in [1.165, 1.54) is 0 Å². The second-order valence-corrected chi connectivity index (χ2v) is 1.50. The van der Waals surface area contributed by atoms with E-state index in [0.717, 1.165) is 0 Å². The van der Waals surface area contributed by atoms with Crippen LogP contribution in [-0.2, 0) is 21.7 Å². The molecule has 0 aromatic heterocycles. The Bertz CT molecular complexity index is 29.5. The second-order valence-electron chi connectivity index (χ2n) is 0.500. The minimum atomic E-state index is -5.61. The van der Waals surface area contributed by atoms with Crippen molar-refractivity contribution in [3.63, 3.8) is 0 Å². The molecule has 0 aliphatic carbocycles. The largest absolute Gasteiger partial charge is 2.00 e. The molecule has 0 aromatic rings. The van der Waals surface area contributed by atoms with Gasteiger partial charge in [-0.05, 0) is 0 Å². The zero-order valence-corrected chi connectivity index (χ0v) is 11.0. The van der Waals surface area contributed by atoms with Crippen LogP contribution in [0, 0.1) is 0 Å². The van der Waals surface area contributed by atoms with Crippen LogP contribution in [0.2, 0.25) is 0 Å². The molecule has 0 N–H and O–H groups in total. The van der Waals surface area contributed by atoms with Crippen LogP contribution in [-0.4, -0.2) is 84.5 Å². The predicted octanol–water partition coefficient (Wildman–Crippen LogP) is -5.90. The summed E-state index contributed by atoms with van der Waals surface area (Å²) in [6.45, 7) is 0. The third-order valence-electron chi connectivity index (χ3n) is 0. The molecule has 0 rings (SSSR count). The summed E-state index contributed by atoms with van der Waals surface area (Å²) in [5.74, 6) is 0. The Balaban J connectivity index is -0.0000000267. The van der Waals surface area contributed by atoms with Crippen molar-refractivity contribution in [2.75, 3.05) is 0 Å². The van der Waals surface area contributed by atoms with Crippen molar-refractivity contribution in [3.05, 3.63) is 0 Å². The van der Waals surface area contributed by atoms with Crippen molar-refractivity contribution in [2.24, 2.45) is 0 Å². The summed E-state index contributed by atoms with van der Waals surface area (Å²) >= 11 is 0. The maximum atomic E-state index is 8.58. The Labute approximate surface area is 123 Å². The first-order chi connectivity index (χ1) is 2.00. The van der Waals surface area contributed by atoms with Gasteiger partial charge in [0.15, 0.2) is 0 Å². The average Bonchev–Trinajstić information content (AvgIpc) is 0.722. The molecule has 8 heavy (non-hydrogen) atoms. The fraction of sp³-hybridized carbons (Fsp3) is 0. The minimum Gasteiger partial charge on any atom is -0.894 e. The van der Waals surface area contributed by atoms with Crippen LogP contribution in [0.5, 0.6) is 0 Å². The first-order valence-electron chi connectivity index (χ1n) is 0.816. The summed E-state index contributed by atoms with van der Waals surface area (Å²) in [5, 5.41) is 0. The zero-order chi connectivity index (χ0) is 4.50. The van der Waals surface area contributed by atoms with Crippen LogP contribution in [0.25, 0.3) is 0 Å². The molecule has 0 unspecified atom stereocenters. The molecule has 0 aliphatic rings. The van der Waals surface area contributed by atoms with Gasteiger partial charge in [-0.25, -0.2) is 0 Å². The molecular weight excluding hydrogens is 220 g/mol. The minimum absolute atomic E-state index is 0. The normalized spacial score (nSPS) is 7.50. The molecule has 0 amide bonds. The van der Waals surface area contributed by atoms with E-state index < -0.39 is 9.05 Å². The van der Waals surface area contributed by atoms with Crippen molar-refractivity contribution in [3.8, 4) is 0 Å². The molecule has 0 radical (unpaired) electrons. The summed E-state index contributed by atoms with van der Waals surface area (Å²) in [4.78, 5) is 34.3. The van der Waals surface area contributed by atoms with Crippen LogP contribution < -0.4 is 19.2 Å². The van der Waals surface area contributed by atoms with Crippen LogP contribution in [0.4, 0.5) is 0 Å². The number of hydrogen-bond acceptors (Lipinski definition) is 4. The molecule has 0 aliphatic heterocycles. The number of hydrogen-bond donors (Lipinski definition) is 0. The smallest absolute Gasteiger partial charge is 0.894 e. The molecule has 0 heterocycles. The molecule has 0 saturated heterocycles. The van der Waals surface area contributed by atoms with Crippen molar-refractivity contribution in [1.29, 1.82) is 0 Å². The Kier molecular flexibility index (Phi) is 28.9. The molecule has 0 atom stereocenters. The Morgan fingerprint density at radius 3 is 0.750 bits per heavy atom. The summed E-state index contributed by atoms with van der Waals surface area (Å²) in [7, 11) is -5.61. The van der Waals surface area contributed by atoms with Gasteiger partial charge in [-0.3, -0.25) is 0 Å². The van der Waals surface area contributed by atoms with E-state index >= 15 is 0 Å². The topological polar surface area (TPSA) is 92.2 Å². The first-order valence-corrected chi connectivity index (χ1v) is 2.45. The maximum absolute atomic E-state index is 8.58. The molecule has 4 nitrogen and oxygen atoms in total. The van der Waals surface area contributed by atoms with Gasteiger partial charge in [0.1, 0.15) is 0 Å². The summed E-state index contributed by atoms with van der Waals surface area (Å²) in [6, 6.07) is 0. The molecule has 0 bridgehead atoms. The van der Waals surface area contributed by atoms with Crippen molar-refractivity contribution in [1.82, 2.24) is 0 Å². The molecular formula is Ca2O4SiTi. The van der Waals surface area contributed by atoms with Crippen LogP contribution >= 0.6 is 0 Å². The van der Waals surface area contributed by atoms with E-state index in [1.54, 1.807) is 0 Å². The van der Waals surface area contributed by atoms with E-state index in [9.17, 15) is 0 Å². The van der Waals surface area contributed by atoms with Crippen LogP contribution in [0.1, 0.15) is 0 Å². The SMILES string of the molecule is [Ca+2].[Ca+2].[O-][Si]([O-])([O-])[O-].[Ti]. The summed E-state index contributed by atoms with van der Waals surface area (Å²) in [6.07, 6.45) is 0. The van der Waals surface area contributed by atoms with Gasteiger partial charge in [0, 0.05) is 21.7 Å². The first kappa shape index (κ1) is 22.5. The predicted molar refractivity (Wildman–Crippen MR) is 17.3 cm³/mol. The molecule has 36 valence electrons. The molecule has 0 saturated carbocycles. The van der Waals surface area contributed by atoms with Gasteiger partial charge < -0.3 is 28.2 Å². The third-order valence-corrected chi connectivity index (χ3v) is 0. The molecule has 0 fully saturated rings. The molecule has 0 spiro atoms. The standard InChI is InChI=1S/2Ca.O4Si.Ti/c;;1-5(2,3)4;/q2*+2;-4;.